The van der Waals surface area contributed by atoms with E-state index in [-0.39, 0.29) is 18.2 Å². The number of carbonyl (C=O) groups excluding carboxylic acids is 1. The molecule has 0 N–H and O–H groups in total. The van der Waals surface area contributed by atoms with Crippen LogP contribution in [-0.4, -0.2) is 23.1 Å². The Kier molecular flexibility index (Phi) is 5.44. The molecule has 0 aliphatic carbocycles. The van der Waals surface area contributed by atoms with E-state index in [1.54, 1.807) is 4.90 Å². The molecule has 0 unspecified atom stereocenters. The lowest BCUT2D eigenvalue weighted by Gasteiger charge is -2.34. The van der Waals surface area contributed by atoms with Crippen LogP contribution in [0.4, 0.5) is 4.79 Å². The molecule has 0 saturated carbocycles. The number of benzene rings is 1. The zero-order valence-corrected chi connectivity index (χ0v) is 11.8. The van der Waals surface area contributed by atoms with Crippen molar-refractivity contribution in [2.24, 2.45) is 0 Å². The monoisotopic (exact) mass is 259 g/mol. The summed E-state index contributed by atoms with van der Waals surface area (Å²) < 4.78 is 5.33. The van der Waals surface area contributed by atoms with Gasteiger partial charge in [-0.1, -0.05) is 30.3 Å². The molecular weight excluding hydrogens is 238 g/mol. The van der Waals surface area contributed by atoms with Gasteiger partial charge in [-0.3, -0.25) is 0 Å². The van der Waals surface area contributed by atoms with Crippen LogP contribution in [0.5, 0.6) is 0 Å². The van der Waals surface area contributed by atoms with Crippen LogP contribution in [0.3, 0.4) is 0 Å². The maximum atomic E-state index is 12.1. The van der Waals surface area contributed by atoms with E-state index in [4.69, 9.17) is 11.2 Å². The van der Waals surface area contributed by atoms with Crippen LogP contribution in [0.15, 0.2) is 30.3 Å². The molecule has 0 saturated heterocycles. The van der Waals surface area contributed by atoms with E-state index >= 15 is 0 Å². The molecule has 3 heteroatoms. The summed E-state index contributed by atoms with van der Waals surface area (Å²) in [5, 5.41) is 0. The van der Waals surface area contributed by atoms with Crippen molar-refractivity contribution in [3.8, 4) is 12.3 Å². The summed E-state index contributed by atoms with van der Waals surface area (Å²) >= 11 is 0. The van der Waals surface area contributed by atoms with Crippen LogP contribution < -0.4 is 0 Å². The summed E-state index contributed by atoms with van der Waals surface area (Å²) in [6, 6.07) is 9.62. The molecule has 19 heavy (non-hydrogen) atoms. The molecule has 0 aliphatic rings. The first-order valence-corrected chi connectivity index (χ1v) is 6.37. The van der Waals surface area contributed by atoms with Crippen LogP contribution in [0.25, 0.3) is 0 Å². The van der Waals surface area contributed by atoms with Gasteiger partial charge in [-0.15, -0.1) is 12.3 Å². The highest BCUT2D eigenvalue weighted by Crippen LogP contribution is 2.16. The first-order valence-electron chi connectivity index (χ1n) is 6.37. The predicted molar refractivity (Wildman–Crippen MR) is 76.5 cm³/mol. The maximum absolute atomic E-state index is 12.1. The lowest BCUT2D eigenvalue weighted by molar-refractivity contribution is 0.0639. The van der Waals surface area contributed by atoms with Crippen LogP contribution in [-0.2, 0) is 11.3 Å². The van der Waals surface area contributed by atoms with Gasteiger partial charge in [0.1, 0.15) is 6.61 Å². The van der Waals surface area contributed by atoms with Crippen molar-refractivity contribution in [2.75, 3.05) is 6.54 Å². The molecule has 0 bridgehead atoms. The van der Waals surface area contributed by atoms with Crippen molar-refractivity contribution in [2.45, 2.75) is 39.3 Å². The fraction of sp³-hybridized carbons (Fsp3) is 0.438. The van der Waals surface area contributed by atoms with Gasteiger partial charge < -0.3 is 9.64 Å². The highest BCUT2D eigenvalue weighted by molar-refractivity contribution is 5.68. The second-order valence-electron chi connectivity index (χ2n) is 5.32. The minimum Gasteiger partial charge on any atom is -0.445 e. The summed E-state index contributed by atoms with van der Waals surface area (Å²) in [5.74, 6) is 2.55. The average molecular weight is 259 g/mol. The van der Waals surface area contributed by atoms with E-state index in [2.05, 4.69) is 5.92 Å². The molecular formula is C16H21NO2. The van der Waals surface area contributed by atoms with Crippen molar-refractivity contribution >= 4 is 6.09 Å². The van der Waals surface area contributed by atoms with E-state index in [9.17, 15) is 4.79 Å². The number of nitrogens with zero attached hydrogens (tertiary/aromatic N) is 1. The summed E-state index contributed by atoms with van der Waals surface area (Å²) in [5.41, 5.74) is 0.673. The van der Waals surface area contributed by atoms with Gasteiger partial charge >= 0.3 is 6.09 Å². The minimum absolute atomic E-state index is 0.280. The lowest BCUT2D eigenvalue weighted by atomic mass is 10.1. The van der Waals surface area contributed by atoms with E-state index in [0.717, 1.165) is 5.56 Å². The van der Waals surface area contributed by atoms with Crippen molar-refractivity contribution in [3.05, 3.63) is 35.9 Å². The second-order valence-corrected chi connectivity index (χ2v) is 5.32. The average Bonchev–Trinajstić information content (AvgIpc) is 2.36. The SMILES string of the molecule is C#CCCN(C(=O)OCc1ccccc1)C(C)(C)C. The molecule has 0 atom stereocenters. The van der Waals surface area contributed by atoms with Crippen LogP contribution in [0.1, 0.15) is 32.8 Å². The van der Waals surface area contributed by atoms with E-state index in [0.29, 0.717) is 13.0 Å². The van der Waals surface area contributed by atoms with Crippen LogP contribution in [0, 0.1) is 12.3 Å². The molecule has 0 radical (unpaired) electrons. The van der Waals surface area contributed by atoms with Crippen molar-refractivity contribution in [1.82, 2.24) is 4.90 Å². The second kappa shape index (κ2) is 6.84. The number of ether oxygens (including phenoxy) is 1. The highest BCUT2D eigenvalue weighted by Gasteiger charge is 2.27. The fourth-order valence-electron chi connectivity index (χ4n) is 1.67. The van der Waals surface area contributed by atoms with Gasteiger partial charge in [0.05, 0.1) is 0 Å². The van der Waals surface area contributed by atoms with Gasteiger partial charge in [0.15, 0.2) is 0 Å². The third-order valence-electron chi connectivity index (χ3n) is 2.72. The Hall–Kier alpha value is -1.95. The molecule has 0 spiro atoms. The minimum atomic E-state index is -0.327. The molecule has 0 heterocycles. The van der Waals surface area contributed by atoms with Crippen molar-refractivity contribution in [3.63, 3.8) is 0 Å². The fourth-order valence-corrected chi connectivity index (χ4v) is 1.67. The molecule has 1 amide bonds. The van der Waals surface area contributed by atoms with Gasteiger partial charge in [0, 0.05) is 18.5 Å². The molecule has 0 aliphatic heterocycles. The molecule has 1 rings (SSSR count). The predicted octanol–water partition coefficient (Wildman–Crippen LogP) is 3.45. The number of hydrogen-bond donors (Lipinski definition) is 0. The Labute approximate surface area is 115 Å². The highest BCUT2D eigenvalue weighted by atomic mass is 16.6. The third kappa shape index (κ3) is 5.05. The van der Waals surface area contributed by atoms with Crippen molar-refractivity contribution < 1.29 is 9.53 Å². The Balaban J connectivity index is 2.60. The first kappa shape index (κ1) is 15.1. The van der Waals surface area contributed by atoms with E-state index < -0.39 is 0 Å². The first-order chi connectivity index (χ1) is 8.95. The molecule has 1 aromatic rings. The third-order valence-corrected chi connectivity index (χ3v) is 2.72. The van der Waals surface area contributed by atoms with Crippen LogP contribution in [0.2, 0.25) is 0 Å². The number of hydrogen-bond acceptors (Lipinski definition) is 2. The van der Waals surface area contributed by atoms with Gasteiger partial charge in [-0.25, -0.2) is 4.79 Å². The Morgan fingerprint density at radius 2 is 1.95 bits per heavy atom. The van der Waals surface area contributed by atoms with E-state index in [1.807, 2.05) is 51.1 Å². The maximum Gasteiger partial charge on any atom is 0.410 e. The smallest absolute Gasteiger partial charge is 0.410 e. The zero-order valence-electron chi connectivity index (χ0n) is 11.8. The summed E-state index contributed by atoms with van der Waals surface area (Å²) in [4.78, 5) is 13.8. The Bertz CT molecular complexity index is 440. The molecule has 0 aromatic heterocycles. The summed E-state index contributed by atoms with van der Waals surface area (Å²) in [6.45, 7) is 6.68. The standard InChI is InChI=1S/C16H21NO2/c1-5-6-12-17(16(2,3)4)15(18)19-13-14-10-8-7-9-11-14/h1,7-11H,6,12-13H2,2-4H3. The quantitative estimate of drug-likeness (QED) is 0.775. The number of amides is 1. The summed E-state index contributed by atoms with van der Waals surface area (Å²) in [6.07, 6.45) is 5.45. The molecule has 0 fully saturated rings. The lowest BCUT2D eigenvalue weighted by Crippen LogP contribution is -2.46. The Morgan fingerprint density at radius 1 is 1.32 bits per heavy atom. The van der Waals surface area contributed by atoms with Crippen LogP contribution >= 0.6 is 0 Å². The number of rotatable bonds is 4. The number of terminal acetylenes is 1. The van der Waals surface area contributed by atoms with Gasteiger partial charge in [0.25, 0.3) is 0 Å². The largest absolute Gasteiger partial charge is 0.445 e. The van der Waals surface area contributed by atoms with Gasteiger partial charge in [0.2, 0.25) is 0 Å². The molecule has 3 nitrogen and oxygen atoms in total. The van der Waals surface area contributed by atoms with Crippen molar-refractivity contribution in [1.29, 1.82) is 0 Å². The molecule has 1 aromatic carbocycles. The topological polar surface area (TPSA) is 29.5 Å². The zero-order chi connectivity index (χ0) is 14.3. The summed E-state index contributed by atoms with van der Waals surface area (Å²) in [7, 11) is 0. The van der Waals surface area contributed by atoms with Gasteiger partial charge in [-0.2, -0.15) is 0 Å². The number of carbonyl (C=O) groups is 1. The normalized spacial score (nSPS) is 10.6. The van der Waals surface area contributed by atoms with Gasteiger partial charge in [-0.05, 0) is 26.3 Å². The Morgan fingerprint density at radius 3 is 2.47 bits per heavy atom. The molecule has 102 valence electrons. The van der Waals surface area contributed by atoms with E-state index in [1.165, 1.54) is 0 Å².